The first-order valence-corrected chi connectivity index (χ1v) is 6.20. The predicted octanol–water partition coefficient (Wildman–Crippen LogP) is 3.47. The third-order valence-corrected chi connectivity index (χ3v) is 3.98. The van der Waals surface area contributed by atoms with Gasteiger partial charge in [0.2, 0.25) is 0 Å². The first kappa shape index (κ1) is 11.7. The lowest BCUT2D eigenvalue weighted by molar-refractivity contribution is 0.301. The molecule has 0 bridgehead atoms. The number of hydrogen-bond donors (Lipinski definition) is 2. The summed E-state index contributed by atoms with van der Waals surface area (Å²) in [4.78, 5) is 0. The Kier molecular flexibility index (Phi) is 3.13. The molecule has 0 atom stereocenters. The van der Waals surface area contributed by atoms with Crippen molar-refractivity contribution in [1.29, 1.82) is 0 Å². The van der Waals surface area contributed by atoms with Crippen LogP contribution in [0.3, 0.4) is 0 Å². The van der Waals surface area contributed by atoms with Gasteiger partial charge in [-0.05, 0) is 30.9 Å². The van der Waals surface area contributed by atoms with Crippen molar-refractivity contribution in [2.75, 3.05) is 0 Å². The predicted molar refractivity (Wildman–Crippen MR) is 66.8 cm³/mol. The molecule has 1 aliphatic rings. The van der Waals surface area contributed by atoms with E-state index in [0.29, 0.717) is 5.02 Å². The molecule has 0 heterocycles. The molecule has 0 amide bonds. The highest BCUT2D eigenvalue weighted by Gasteiger charge is 2.32. The number of phenolic OH excluding ortho intramolecular Hbond substituents is 1. The van der Waals surface area contributed by atoms with Gasteiger partial charge in [-0.25, -0.2) is 0 Å². The van der Waals surface area contributed by atoms with Crippen molar-refractivity contribution in [1.82, 2.24) is 0 Å². The Balaban J connectivity index is 2.43. The second kappa shape index (κ2) is 4.27. The molecule has 0 unspecified atom stereocenters. The summed E-state index contributed by atoms with van der Waals surface area (Å²) >= 11 is 6.19. The van der Waals surface area contributed by atoms with E-state index in [4.69, 9.17) is 17.3 Å². The van der Waals surface area contributed by atoms with Crippen LogP contribution >= 0.6 is 11.6 Å². The largest absolute Gasteiger partial charge is 0.506 e. The zero-order valence-electron chi connectivity index (χ0n) is 9.59. The zero-order valence-corrected chi connectivity index (χ0v) is 10.3. The van der Waals surface area contributed by atoms with E-state index >= 15 is 0 Å². The normalized spacial score (nSPS) is 19.7. The monoisotopic (exact) mass is 239 g/mol. The number of hydrogen-bond acceptors (Lipinski definition) is 2. The Hall–Kier alpha value is -0.730. The fraction of sp³-hybridized carbons (Fsp3) is 0.538. The smallest absolute Gasteiger partial charge is 0.137 e. The quantitative estimate of drug-likeness (QED) is 0.788. The van der Waals surface area contributed by atoms with Crippen LogP contribution in [0.25, 0.3) is 0 Å². The summed E-state index contributed by atoms with van der Waals surface area (Å²) < 4.78 is 0. The number of rotatable bonds is 1. The van der Waals surface area contributed by atoms with E-state index < -0.39 is 0 Å². The molecule has 2 rings (SSSR count). The summed E-state index contributed by atoms with van der Waals surface area (Å²) in [6.45, 7) is 1.84. The van der Waals surface area contributed by atoms with Gasteiger partial charge in [-0.2, -0.15) is 0 Å². The van der Waals surface area contributed by atoms with Crippen molar-refractivity contribution in [3.63, 3.8) is 0 Å². The van der Waals surface area contributed by atoms with E-state index in [9.17, 15) is 5.11 Å². The maximum atomic E-state index is 9.84. The summed E-state index contributed by atoms with van der Waals surface area (Å²) in [5.74, 6) is 0.176. The van der Waals surface area contributed by atoms with Crippen molar-refractivity contribution >= 4 is 11.6 Å². The molecule has 1 aromatic carbocycles. The molecule has 1 aliphatic carbocycles. The number of nitrogens with two attached hydrogens (primary N) is 1. The van der Waals surface area contributed by atoms with Gasteiger partial charge in [0, 0.05) is 5.54 Å². The fourth-order valence-corrected chi connectivity index (χ4v) is 2.90. The third-order valence-electron chi connectivity index (χ3n) is 3.60. The molecule has 1 fully saturated rings. The lowest BCUT2D eigenvalue weighted by atomic mass is 9.77. The van der Waals surface area contributed by atoms with Gasteiger partial charge in [0.15, 0.2) is 0 Å². The van der Waals surface area contributed by atoms with Gasteiger partial charge >= 0.3 is 0 Å². The SMILES string of the molecule is Cc1ccc(C2(N)CCCCC2)c(Cl)c1O. The van der Waals surface area contributed by atoms with Crippen molar-refractivity contribution in [2.45, 2.75) is 44.6 Å². The van der Waals surface area contributed by atoms with Gasteiger partial charge in [0.1, 0.15) is 5.75 Å². The Bertz CT molecular complexity index is 397. The first-order valence-electron chi connectivity index (χ1n) is 5.82. The van der Waals surface area contributed by atoms with Crippen LogP contribution in [0.5, 0.6) is 5.75 Å². The lowest BCUT2D eigenvalue weighted by Gasteiger charge is -2.34. The van der Waals surface area contributed by atoms with Gasteiger partial charge in [-0.3, -0.25) is 0 Å². The Labute approximate surface area is 101 Å². The summed E-state index contributed by atoms with van der Waals surface area (Å²) in [7, 11) is 0. The van der Waals surface area contributed by atoms with Crippen molar-refractivity contribution in [3.8, 4) is 5.75 Å². The standard InChI is InChI=1S/C13H18ClNO/c1-9-5-6-10(11(14)12(9)16)13(15)7-3-2-4-8-13/h5-6,16H,2-4,7-8,15H2,1H3. The van der Waals surface area contributed by atoms with Gasteiger partial charge < -0.3 is 10.8 Å². The molecule has 0 aromatic heterocycles. The van der Waals surface area contributed by atoms with Crippen LogP contribution in [0.4, 0.5) is 0 Å². The Morgan fingerprint density at radius 2 is 1.88 bits per heavy atom. The molecule has 3 heteroatoms. The minimum absolute atomic E-state index is 0.176. The van der Waals surface area contributed by atoms with Gasteiger partial charge in [0.25, 0.3) is 0 Å². The molecular weight excluding hydrogens is 222 g/mol. The summed E-state index contributed by atoms with van der Waals surface area (Å²) in [6.07, 6.45) is 5.43. The van der Waals surface area contributed by atoms with Crippen LogP contribution in [-0.4, -0.2) is 5.11 Å². The van der Waals surface area contributed by atoms with Gasteiger partial charge in [0.05, 0.1) is 5.02 Å². The van der Waals surface area contributed by atoms with E-state index in [1.807, 2.05) is 19.1 Å². The highest BCUT2D eigenvalue weighted by molar-refractivity contribution is 6.33. The molecule has 0 saturated heterocycles. The topological polar surface area (TPSA) is 46.2 Å². The summed E-state index contributed by atoms with van der Waals surface area (Å²) in [5.41, 5.74) is 7.76. The molecule has 16 heavy (non-hydrogen) atoms. The van der Waals surface area contributed by atoms with Gasteiger partial charge in [-0.1, -0.05) is 43.0 Å². The van der Waals surface area contributed by atoms with Crippen LogP contribution in [0, 0.1) is 6.92 Å². The van der Waals surface area contributed by atoms with Gasteiger partial charge in [-0.15, -0.1) is 0 Å². The Morgan fingerprint density at radius 1 is 1.25 bits per heavy atom. The minimum Gasteiger partial charge on any atom is -0.506 e. The van der Waals surface area contributed by atoms with Crippen LogP contribution in [0.2, 0.25) is 5.02 Å². The van der Waals surface area contributed by atoms with Crippen molar-refractivity contribution < 1.29 is 5.11 Å². The minimum atomic E-state index is -0.347. The molecule has 2 nitrogen and oxygen atoms in total. The summed E-state index contributed by atoms with van der Waals surface area (Å²) in [6, 6.07) is 3.85. The summed E-state index contributed by atoms with van der Waals surface area (Å²) in [5, 5.41) is 10.3. The number of aryl methyl sites for hydroxylation is 1. The maximum absolute atomic E-state index is 9.84. The number of halogens is 1. The van der Waals surface area contributed by atoms with E-state index in [-0.39, 0.29) is 11.3 Å². The zero-order chi connectivity index (χ0) is 11.8. The molecule has 0 spiro atoms. The van der Waals surface area contributed by atoms with E-state index in [1.54, 1.807) is 0 Å². The van der Waals surface area contributed by atoms with Crippen molar-refractivity contribution in [3.05, 3.63) is 28.3 Å². The lowest BCUT2D eigenvalue weighted by Crippen LogP contribution is -2.38. The average Bonchev–Trinajstić information content (AvgIpc) is 2.27. The molecule has 88 valence electrons. The molecule has 0 aliphatic heterocycles. The second-order valence-electron chi connectivity index (χ2n) is 4.81. The highest BCUT2D eigenvalue weighted by Crippen LogP contribution is 2.41. The van der Waals surface area contributed by atoms with E-state index in [2.05, 4.69) is 0 Å². The molecule has 1 aromatic rings. The van der Waals surface area contributed by atoms with Crippen LogP contribution in [0.1, 0.15) is 43.2 Å². The first-order chi connectivity index (χ1) is 7.54. The third kappa shape index (κ3) is 1.92. The molecular formula is C13H18ClNO. The number of benzene rings is 1. The fourth-order valence-electron chi connectivity index (χ4n) is 2.50. The van der Waals surface area contributed by atoms with Crippen LogP contribution < -0.4 is 5.73 Å². The molecule has 3 N–H and O–H groups in total. The maximum Gasteiger partial charge on any atom is 0.137 e. The van der Waals surface area contributed by atoms with Crippen LogP contribution in [0.15, 0.2) is 12.1 Å². The van der Waals surface area contributed by atoms with Crippen molar-refractivity contribution in [2.24, 2.45) is 5.73 Å². The molecule has 0 radical (unpaired) electrons. The number of phenols is 1. The van der Waals surface area contributed by atoms with E-state index in [0.717, 1.165) is 36.8 Å². The average molecular weight is 240 g/mol. The molecule has 1 saturated carbocycles. The van der Waals surface area contributed by atoms with Crippen LogP contribution in [-0.2, 0) is 5.54 Å². The highest BCUT2D eigenvalue weighted by atomic mass is 35.5. The number of aromatic hydroxyl groups is 1. The second-order valence-corrected chi connectivity index (χ2v) is 5.19. The van der Waals surface area contributed by atoms with E-state index in [1.165, 1.54) is 6.42 Å². The Morgan fingerprint density at radius 3 is 2.50 bits per heavy atom.